The van der Waals surface area contributed by atoms with Crippen molar-refractivity contribution < 1.29 is 9.18 Å². The molecule has 0 radical (unpaired) electrons. The summed E-state index contributed by atoms with van der Waals surface area (Å²) in [6.45, 7) is 6.11. The van der Waals surface area contributed by atoms with E-state index in [0.717, 1.165) is 19.3 Å². The summed E-state index contributed by atoms with van der Waals surface area (Å²) in [5.41, 5.74) is 0.663. The second kappa shape index (κ2) is 5.24. The topological polar surface area (TPSA) is 17.1 Å². The fourth-order valence-corrected chi connectivity index (χ4v) is 1.87. The first-order valence-electron chi connectivity index (χ1n) is 5.70. The molecule has 0 spiro atoms. The Balaban J connectivity index is 2.79. The van der Waals surface area contributed by atoms with Crippen LogP contribution >= 0.6 is 0 Å². The van der Waals surface area contributed by atoms with Gasteiger partial charge < -0.3 is 0 Å². The first kappa shape index (κ1) is 12.2. The van der Waals surface area contributed by atoms with Crippen LogP contribution in [0, 0.1) is 11.8 Å². The van der Waals surface area contributed by atoms with Gasteiger partial charge in [0.25, 0.3) is 0 Å². The van der Waals surface area contributed by atoms with Gasteiger partial charge in [0.05, 0.1) is 0 Å². The zero-order chi connectivity index (χ0) is 11.4. The predicted octanol–water partition coefficient (Wildman–Crippen LogP) is 3.81. The third kappa shape index (κ3) is 3.01. The number of hydrogen-bond acceptors (Lipinski definition) is 1. The molecule has 0 aromatic heterocycles. The van der Waals surface area contributed by atoms with Crippen molar-refractivity contribution in [3.63, 3.8) is 0 Å². The van der Waals surface area contributed by atoms with E-state index in [1.54, 1.807) is 0 Å². The molecule has 1 rings (SSSR count). The highest BCUT2D eigenvalue weighted by atomic mass is 19.1. The van der Waals surface area contributed by atoms with Crippen molar-refractivity contribution in [1.82, 2.24) is 0 Å². The van der Waals surface area contributed by atoms with Crippen LogP contribution in [0.1, 0.15) is 40.0 Å². The molecule has 2 heteroatoms. The fraction of sp³-hybridized carbons (Fsp3) is 0.615. The Hall–Kier alpha value is -0.920. The monoisotopic (exact) mass is 210 g/mol. The van der Waals surface area contributed by atoms with Crippen molar-refractivity contribution in [2.24, 2.45) is 11.8 Å². The Labute approximate surface area is 91.1 Å². The van der Waals surface area contributed by atoms with E-state index >= 15 is 0 Å². The number of unbranched alkanes of at least 4 members (excludes halogenated alkanes) is 1. The van der Waals surface area contributed by atoms with Crippen molar-refractivity contribution in [3.8, 4) is 0 Å². The van der Waals surface area contributed by atoms with E-state index in [1.807, 2.05) is 19.9 Å². The van der Waals surface area contributed by atoms with Gasteiger partial charge in [-0.2, -0.15) is 0 Å². The van der Waals surface area contributed by atoms with E-state index in [0.29, 0.717) is 11.5 Å². The fourth-order valence-electron chi connectivity index (χ4n) is 1.87. The van der Waals surface area contributed by atoms with Gasteiger partial charge in [-0.05, 0) is 18.4 Å². The molecule has 0 fully saturated rings. The number of rotatable bonds is 4. The average Bonchev–Trinajstić information content (AvgIpc) is 2.42. The van der Waals surface area contributed by atoms with Crippen LogP contribution in [-0.2, 0) is 4.79 Å². The summed E-state index contributed by atoms with van der Waals surface area (Å²) in [6, 6.07) is 0. The van der Waals surface area contributed by atoms with Crippen LogP contribution in [0.5, 0.6) is 0 Å². The van der Waals surface area contributed by atoms with Gasteiger partial charge in [-0.25, -0.2) is 4.39 Å². The molecule has 0 bridgehead atoms. The number of allylic oxidation sites excluding steroid dienone is 4. The second-order valence-electron chi connectivity index (χ2n) is 4.46. The molecule has 1 nitrogen and oxygen atoms in total. The number of ketones is 1. The molecule has 84 valence electrons. The molecule has 0 N–H and O–H groups in total. The lowest BCUT2D eigenvalue weighted by Crippen LogP contribution is -2.05. The van der Waals surface area contributed by atoms with Crippen LogP contribution in [0.25, 0.3) is 0 Å². The zero-order valence-corrected chi connectivity index (χ0v) is 9.72. The van der Waals surface area contributed by atoms with Gasteiger partial charge >= 0.3 is 0 Å². The third-order valence-electron chi connectivity index (χ3n) is 2.61. The highest BCUT2D eigenvalue weighted by molar-refractivity contribution is 6.09. The smallest absolute Gasteiger partial charge is 0.217 e. The van der Waals surface area contributed by atoms with Gasteiger partial charge in [0.2, 0.25) is 5.78 Å². The normalized spacial score (nSPS) is 24.1. The summed E-state index contributed by atoms with van der Waals surface area (Å²) < 4.78 is 13.2. The highest BCUT2D eigenvalue weighted by Crippen LogP contribution is 2.32. The standard InChI is InChI=1S/C13H19FO/c1-4-5-6-10-8-12(14)13(15)11(10)7-9(2)3/h7-10H,4-6H2,1-3H3. The summed E-state index contributed by atoms with van der Waals surface area (Å²) in [7, 11) is 0. The van der Waals surface area contributed by atoms with Gasteiger partial charge in [0, 0.05) is 11.5 Å². The molecule has 1 atom stereocenters. The maximum absolute atomic E-state index is 13.2. The van der Waals surface area contributed by atoms with Gasteiger partial charge in [-0.3, -0.25) is 4.79 Å². The Kier molecular flexibility index (Phi) is 4.25. The van der Waals surface area contributed by atoms with Crippen LogP contribution in [0.15, 0.2) is 23.6 Å². The first-order chi connectivity index (χ1) is 7.06. The average molecular weight is 210 g/mol. The maximum Gasteiger partial charge on any atom is 0.217 e. The van der Waals surface area contributed by atoms with E-state index in [1.165, 1.54) is 6.08 Å². The van der Waals surface area contributed by atoms with Crippen molar-refractivity contribution in [2.75, 3.05) is 0 Å². The number of carbonyl (C=O) groups excluding carboxylic acids is 1. The van der Waals surface area contributed by atoms with Crippen molar-refractivity contribution >= 4 is 5.78 Å². The number of carbonyl (C=O) groups is 1. The SMILES string of the molecule is CCCCC1C=C(F)C(=O)C1=CC(C)C. The van der Waals surface area contributed by atoms with Gasteiger partial charge in [-0.1, -0.05) is 39.7 Å². The molecule has 0 saturated heterocycles. The molecular formula is C13H19FO. The zero-order valence-electron chi connectivity index (χ0n) is 9.72. The Morgan fingerprint density at radius 3 is 2.73 bits per heavy atom. The molecule has 15 heavy (non-hydrogen) atoms. The molecular weight excluding hydrogens is 191 g/mol. The van der Waals surface area contributed by atoms with Gasteiger partial charge in [-0.15, -0.1) is 0 Å². The van der Waals surface area contributed by atoms with Crippen LogP contribution in [0.4, 0.5) is 4.39 Å². The van der Waals surface area contributed by atoms with Gasteiger partial charge in [0.1, 0.15) is 0 Å². The lowest BCUT2D eigenvalue weighted by molar-refractivity contribution is -0.113. The molecule has 0 aromatic rings. The molecule has 1 aliphatic rings. The number of hydrogen-bond donors (Lipinski definition) is 0. The Morgan fingerprint density at radius 2 is 2.20 bits per heavy atom. The summed E-state index contributed by atoms with van der Waals surface area (Å²) in [5, 5.41) is 0. The van der Waals surface area contributed by atoms with Crippen LogP contribution in [0.3, 0.4) is 0 Å². The second-order valence-corrected chi connectivity index (χ2v) is 4.46. The van der Waals surface area contributed by atoms with E-state index in [9.17, 15) is 9.18 Å². The van der Waals surface area contributed by atoms with Crippen molar-refractivity contribution in [1.29, 1.82) is 0 Å². The number of halogens is 1. The van der Waals surface area contributed by atoms with Crippen LogP contribution in [0.2, 0.25) is 0 Å². The predicted molar refractivity (Wildman–Crippen MR) is 60.1 cm³/mol. The summed E-state index contributed by atoms with van der Waals surface area (Å²) in [5.74, 6) is -0.653. The molecule has 1 aliphatic carbocycles. The van der Waals surface area contributed by atoms with Crippen LogP contribution < -0.4 is 0 Å². The Morgan fingerprint density at radius 1 is 1.53 bits per heavy atom. The van der Waals surface area contributed by atoms with E-state index in [-0.39, 0.29) is 5.92 Å². The molecule has 0 saturated carbocycles. The third-order valence-corrected chi connectivity index (χ3v) is 2.61. The lowest BCUT2D eigenvalue weighted by atomic mass is 9.93. The highest BCUT2D eigenvalue weighted by Gasteiger charge is 2.29. The maximum atomic E-state index is 13.2. The molecule has 1 unspecified atom stereocenters. The minimum atomic E-state index is -0.567. The summed E-state index contributed by atoms with van der Waals surface area (Å²) in [4.78, 5) is 11.5. The van der Waals surface area contributed by atoms with E-state index in [2.05, 4.69) is 6.92 Å². The molecule has 0 heterocycles. The van der Waals surface area contributed by atoms with Gasteiger partial charge in [0.15, 0.2) is 5.83 Å². The largest absolute Gasteiger partial charge is 0.286 e. The number of Topliss-reactive ketones (excluding diaryl/α,β-unsaturated/α-hetero) is 1. The van der Waals surface area contributed by atoms with Crippen LogP contribution in [-0.4, -0.2) is 5.78 Å². The lowest BCUT2D eigenvalue weighted by Gasteiger charge is -2.10. The summed E-state index contributed by atoms with van der Waals surface area (Å²) >= 11 is 0. The minimum Gasteiger partial charge on any atom is -0.286 e. The van der Waals surface area contributed by atoms with E-state index in [4.69, 9.17) is 0 Å². The molecule has 0 amide bonds. The first-order valence-corrected chi connectivity index (χ1v) is 5.70. The minimum absolute atomic E-state index is 0.0137. The van der Waals surface area contributed by atoms with E-state index < -0.39 is 11.6 Å². The van der Waals surface area contributed by atoms with Crippen molar-refractivity contribution in [3.05, 3.63) is 23.6 Å². The van der Waals surface area contributed by atoms with Crippen molar-refractivity contribution in [2.45, 2.75) is 40.0 Å². The Bertz CT molecular complexity index is 300. The molecule has 0 aliphatic heterocycles. The summed E-state index contributed by atoms with van der Waals surface area (Å²) in [6.07, 6.45) is 6.37. The quantitative estimate of drug-likeness (QED) is 0.645. The molecule has 0 aromatic carbocycles.